The monoisotopic (exact) mass is 1650 g/mol. The van der Waals surface area contributed by atoms with Crippen LogP contribution in [0.4, 0.5) is 37.1 Å². The summed E-state index contributed by atoms with van der Waals surface area (Å²) in [6.07, 6.45) is 1.92. The van der Waals surface area contributed by atoms with E-state index in [1.807, 2.05) is 73.7 Å². The van der Waals surface area contributed by atoms with E-state index in [1.165, 1.54) is 41.1 Å². The highest BCUT2D eigenvalue weighted by molar-refractivity contribution is 6.19. The molecular formula is C86H100ClN13O19. The molecule has 11 amide bonds. The molecule has 3 atom stereocenters. The van der Waals surface area contributed by atoms with Gasteiger partial charge in [0.1, 0.15) is 41.5 Å². The van der Waals surface area contributed by atoms with Crippen LogP contribution in [-0.4, -0.2) is 226 Å². The summed E-state index contributed by atoms with van der Waals surface area (Å²) in [7, 11) is 1.49. The number of halogens is 1. The Morgan fingerprint density at radius 2 is 1.34 bits per heavy atom. The van der Waals surface area contributed by atoms with Crippen LogP contribution in [0.1, 0.15) is 106 Å². The summed E-state index contributed by atoms with van der Waals surface area (Å²) in [5.41, 5.74) is 12.8. The number of rotatable bonds is 43. The number of aliphatic hydroxyl groups is 1. The predicted octanol–water partition coefficient (Wildman–Crippen LogP) is 8.13. The zero-order valence-electron chi connectivity index (χ0n) is 66.8. The number of amides is 11. The molecule has 32 nitrogen and oxygen atoms in total. The van der Waals surface area contributed by atoms with Crippen molar-refractivity contribution in [1.29, 1.82) is 0 Å². The van der Waals surface area contributed by atoms with Gasteiger partial charge >= 0.3 is 18.2 Å². The molecule has 0 fully saturated rings. The summed E-state index contributed by atoms with van der Waals surface area (Å²) >= 11 is 6.67. The van der Waals surface area contributed by atoms with E-state index in [0.717, 1.165) is 33.2 Å². The van der Waals surface area contributed by atoms with Gasteiger partial charge in [0.2, 0.25) is 29.5 Å². The molecule has 0 spiro atoms. The van der Waals surface area contributed by atoms with Gasteiger partial charge < -0.3 is 105 Å². The first-order chi connectivity index (χ1) is 57.5. The first-order valence-corrected chi connectivity index (χ1v) is 39.8. The fraction of sp³-hybridized carbons (Fsp3) is 0.384. The number of aromatic nitrogens is 2. The minimum absolute atomic E-state index is 0.000770. The van der Waals surface area contributed by atoms with Crippen LogP contribution in [0, 0.1) is 24.7 Å². The maximum absolute atomic E-state index is 14.7. The first-order valence-electron chi connectivity index (χ1n) is 39.2. The molecule has 6 aromatic carbocycles. The van der Waals surface area contributed by atoms with Gasteiger partial charge in [0.15, 0.2) is 0 Å². The third-order valence-corrected chi connectivity index (χ3v) is 19.9. The van der Waals surface area contributed by atoms with E-state index in [2.05, 4.69) is 48.7 Å². The smallest absolute Gasteiger partial charge is 0.415 e. The highest BCUT2D eigenvalue weighted by Crippen LogP contribution is 2.47. The number of aromatic hydroxyl groups is 1. The number of urea groups is 1. The third-order valence-electron chi connectivity index (χ3n) is 19.5. The van der Waals surface area contributed by atoms with Gasteiger partial charge in [-0.2, -0.15) is 0 Å². The number of nitrogens with two attached hydrogens (primary N) is 1. The van der Waals surface area contributed by atoms with Crippen LogP contribution in [0.25, 0.3) is 16.4 Å². The second kappa shape index (κ2) is 44.9. The highest BCUT2D eigenvalue weighted by Gasteiger charge is 2.38. The van der Waals surface area contributed by atoms with Crippen LogP contribution >= 0.6 is 11.6 Å². The molecule has 0 saturated carbocycles. The van der Waals surface area contributed by atoms with Crippen LogP contribution in [0.3, 0.4) is 0 Å². The molecule has 10 rings (SSSR count). The lowest BCUT2D eigenvalue weighted by Crippen LogP contribution is -2.54. The number of nitrogens with zero attached hydrogens (tertiary/aromatic N) is 6. The number of para-hydroxylation sites is 1. The van der Waals surface area contributed by atoms with Crippen molar-refractivity contribution in [2.75, 3.05) is 145 Å². The lowest BCUT2D eigenvalue weighted by molar-refractivity contribution is -0.132. The van der Waals surface area contributed by atoms with Crippen molar-refractivity contribution in [1.82, 2.24) is 40.5 Å². The average molecular weight is 1660 g/mol. The van der Waals surface area contributed by atoms with Crippen LogP contribution in [0.2, 0.25) is 0 Å². The number of benzene rings is 6. The van der Waals surface area contributed by atoms with E-state index in [4.69, 9.17) is 50.5 Å². The van der Waals surface area contributed by atoms with E-state index < -0.39 is 65.8 Å². The number of pyridine rings is 1. The van der Waals surface area contributed by atoms with Crippen molar-refractivity contribution in [2.45, 2.75) is 84.0 Å². The molecule has 0 saturated heterocycles. The van der Waals surface area contributed by atoms with Crippen molar-refractivity contribution in [3.05, 3.63) is 190 Å². The number of carbonyl (C=O) groups excluding carboxylic acids is 10. The van der Waals surface area contributed by atoms with Crippen LogP contribution < -0.4 is 52.2 Å². The number of primary amides is 1. The Balaban J connectivity index is 0.630. The van der Waals surface area contributed by atoms with E-state index >= 15 is 0 Å². The number of aliphatic hydroxyl groups excluding tert-OH is 1. The Kier molecular flexibility index (Phi) is 33.6. The number of phenols is 1. The van der Waals surface area contributed by atoms with Gasteiger partial charge in [0, 0.05) is 124 Å². The Morgan fingerprint density at radius 1 is 0.655 bits per heavy atom. The summed E-state index contributed by atoms with van der Waals surface area (Å²) in [5, 5.41) is 36.9. The molecule has 8 aromatic rings. The topological polar surface area (TPSA) is 404 Å². The van der Waals surface area contributed by atoms with Gasteiger partial charge in [-0.3, -0.25) is 33.6 Å². The summed E-state index contributed by atoms with van der Waals surface area (Å²) < 4.78 is 41.4. The number of alkyl halides is 1. The number of anilines is 4. The normalized spacial score (nSPS) is 13.1. The highest BCUT2D eigenvalue weighted by atomic mass is 35.5. The predicted molar refractivity (Wildman–Crippen MR) is 444 cm³/mol. The number of imidazole rings is 1. The zero-order valence-corrected chi connectivity index (χ0v) is 67.6. The van der Waals surface area contributed by atoms with Gasteiger partial charge in [0.25, 0.3) is 11.8 Å². The molecule has 630 valence electrons. The molecule has 0 aliphatic carbocycles. The van der Waals surface area contributed by atoms with E-state index in [9.17, 15) is 58.2 Å². The molecular weight excluding hydrogens is 1550 g/mol. The number of carbonyl (C=O) groups is 10. The van der Waals surface area contributed by atoms with Crippen LogP contribution in [0.5, 0.6) is 11.5 Å². The number of fused-ring (bicyclic) bond motifs is 6. The molecule has 4 heterocycles. The summed E-state index contributed by atoms with van der Waals surface area (Å²) in [6.45, 7) is 7.59. The molecule has 33 heteroatoms. The molecule has 2 aromatic heterocycles. The van der Waals surface area contributed by atoms with Gasteiger partial charge in [-0.15, -0.1) is 11.6 Å². The van der Waals surface area contributed by atoms with E-state index in [1.54, 1.807) is 82.9 Å². The first kappa shape index (κ1) is 89.1. The quantitative estimate of drug-likeness (QED) is 0.00988. The van der Waals surface area contributed by atoms with Crippen LogP contribution in [0.15, 0.2) is 146 Å². The Hall–Kier alpha value is -12.2. The lowest BCUT2D eigenvalue weighted by atomic mass is 9.92. The fourth-order valence-electron chi connectivity index (χ4n) is 13.2. The number of nitrogens with one attached hydrogen (secondary N) is 6. The standard InChI is InChI=1S/C86H100ClN13O19/c1-56(2)79(95-75(104)32-39-113-43-45-116-47-48-117-46-44-114-40-34-89-74(103)30-31-76(105)99-51-62-14-6-5-12-59(62)20-21-60-13-7-8-17-70(60)99)82(108)94-68(16-10-33-90-84(88)110)81(107)91-64-24-18-58(19-25-64)55-118-85(111)96(4)35-36-97(37-41-115-42-38-101)86(112)119-72-49-71-78(77-57(3)11-9-15-67(72)77)63(50-87)52-100(71)83(109)69-54-98-53-65(26-29-73(98)93-69)92-80(106)61-22-27-66(102)28-23-61/h5-9,11-15,17-19,22-29,49,53-54,56,63,68,79,101-102H,10,16,30-48,50-52,55H2,1-4H3,(H,89,103)(H,91,107)(H,92,106)(H,94,108)(H,95,104)(H3,88,90,110). The largest absolute Gasteiger partial charge is 0.508 e. The maximum atomic E-state index is 14.7. The minimum Gasteiger partial charge on any atom is -0.508 e. The Bertz CT molecular complexity index is 4940. The molecule has 0 radical (unpaired) electrons. The number of aryl methyl sites for hydroxylation is 1. The Morgan fingerprint density at radius 3 is 2.07 bits per heavy atom. The van der Waals surface area contributed by atoms with Gasteiger partial charge in [0.05, 0.1) is 96.3 Å². The Labute approximate surface area is 693 Å². The molecule has 0 bridgehead atoms. The average Bonchev–Trinajstić information content (AvgIpc) is 1.60. The minimum atomic E-state index is -1.13. The van der Waals surface area contributed by atoms with Crippen molar-refractivity contribution in [3.8, 4) is 23.3 Å². The van der Waals surface area contributed by atoms with E-state index in [0.29, 0.717) is 58.1 Å². The molecule has 10 N–H and O–H groups in total. The lowest BCUT2D eigenvalue weighted by Gasteiger charge is -2.26. The van der Waals surface area contributed by atoms with E-state index in [-0.39, 0.29) is 185 Å². The van der Waals surface area contributed by atoms with Gasteiger partial charge in [-0.05, 0) is 120 Å². The number of hydrogen-bond acceptors (Lipinski definition) is 20. The number of phenolic OH excluding ortho intramolecular Hbond substituents is 1. The number of likely N-dealkylation sites (N-methyl/N-ethyl adjacent to an activating group) is 1. The van der Waals surface area contributed by atoms with Crippen molar-refractivity contribution >= 4 is 110 Å². The zero-order chi connectivity index (χ0) is 84.7. The molecule has 119 heavy (non-hydrogen) atoms. The number of hydrogen-bond donors (Lipinski definition) is 9. The third kappa shape index (κ3) is 25.9. The second-order valence-corrected chi connectivity index (χ2v) is 28.8. The summed E-state index contributed by atoms with van der Waals surface area (Å²) in [5.74, 6) is 2.98. The van der Waals surface area contributed by atoms with Crippen molar-refractivity contribution in [2.24, 2.45) is 11.7 Å². The van der Waals surface area contributed by atoms with Crippen LogP contribution in [-0.2, 0) is 65.5 Å². The van der Waals surface area contributed by atoms with Gasteiger partial charge in [-0.1, -0.05) is 86.4 Å². The molecule has 2 aliphatic rings. The van der Waals surface area contributed by atoms with Crippen molar-refractivity contribution < 1.29 is 91.3 Å². The van der Waals surface area contributed by atoms with Gasteiger partial charge in [-0.25, -0.2) is 19.4 Å². The summed E-state index contributed by atoms with van der Waals surface area (Å²) in [4.78, 5) is 145. The fourth-order valence-corrected chi connectivity index (χ4v) is 13.5. The second-order valence-electron chi connectivity index (χ2n) is 28.5. The molecule has 3 unspecified atom stereocenters. The SMILES string of the molecule is Cc1cccc2c(OC(=O)N(CCOCCO)CCN(C)C(=O)OCc3ccc(NC(=O)C(CCCNC(N)=O)NC(=O)C(NC(=O)CCOCCOCCOCCOCCNC(=O)CCC(=O)N4Cc5ccccc5C#Cc5ccccc54)C(C)C)cc3)cc3c(c12)C(CCl)CN3C(=O)c1cn2cc(NC(=O)c3ccc(O)cc3)ccc2n1. The maximum Gasteiger partial charge on any atom is 0.415 e. The van der Waals surface area contributed by atoms with Crippen molar-refractivity contribution in [3.63, 3.8) is 0 Å². The molecule has 2 aliphatic heterocycles. The number of ether oxygens (including phenoxy) is 7. The summed E-state index contributed by atoms with van der Waals surface area (Å²) in [6, 6.07) is 34.9.